The molecule has 22 heavy (non-hydrogen) atoms. The number of nitrogens with one attached hydrogen (secondary N) is 1. The predicted octanol–water partition coefficient (Wildman–Crippen LogP) is 3.16. The summed E-state index contributed by atoms with van der Waals surface area (Å²) in [4.78, 5) is 11.6. The van der Waals surface area contributed by atoms with Crippen molar-refractivity contribution in [3.8, 4) is 11.5 Å². The SMILES string of the molecule is O=C(COc1cccc(Br)c1)NCCOc1ccccc1F. The van der Waals surface area contributed by atoms with Gasteiger partial charge in [-0.25, -0.2) is 4.39 Å². The van der Waals surface area contributed by atoms with Crippen LogP contribution in [0.4, 0.5) is 4.39 Å². The number of hydrogen-bond acceptors (Lipinski definition) is 3. The highest BCUT2D eigenvalue weighted by molar-refractivity contribution is 9.10. The van der Waals surface area contributed by atoms with Gasteiger partial charge < -0.3 is 14.8 Å². The summed E-state index contributed by atoms with van der Waals surface area (Å²) in [5.74, 6) is 0.0817. The average Bonchev–Trinajstić information content (AvgIpc) is 2.51. The summed E-state index contributed by atoms with van der Waals surface area (Å²) in [6, 6.07) is 13.3. The Morgan fingerprint density at radius 2 is 1.95 bits per heavy atom. The van der Waals surface area contributed by atoms with Gasteiger partial charge in [-0.15, -0.1) is 0 Å². The van der Waals surface area contributed by atoms with Crippen LogP contribution >= 0.6 is 15.9 Å². The van der Waals surface area contributed by atoms with Crippen LogP contribution in [0, 0.1) is 5.82 Å². The van der Waals surface area contributed by atoms with Gasteiger partial charge in [-0.2, -0.15) is 0 Å². The van der Waals surface area contributed by atoms with Crippen LogP contribution in [0.15, 0.2) is 53.0 Å². The lowest BCUT2D eigenvalue weighted by molar-refractivity contribution is -0.123. The summed E-state index contributed by atoms with van der Waals surface area (Å²) >= 11 is 3.32. The molecular weight excluding hydrogens is 353 g/mol. The van der Waals surface area contributed by atoms with Crippen LogP contribution in [0.2, 0.25) is 0 Å². The molecule has 6 heteroatoms. The Morgan fingerprint density at radius 3 is 2.73 bits per heavy atom. The molecule has 1 N–H and O–H groups in total. The van der Waals surface area contributed by atoms with E-state index < -0.39 is 5.82 Å². The van der Waals surface area contributed by atoms with Crippen molar-refractivity contribution in [3.05, 3.63) is 58.8 Å². The van der Waals surface area contributed by atoms with Gasteiger partial charge in [0.15, 0.2) is 18.2 Å². The summed E-state index contributed by atoms with van der Waals surface area (Å²) in [5, 5.41) is 2.63. The van der Waals surface area contributed by atoms with Crippen LogP contribution in [0.3, 0.4) is 0 Å². The summed E-state index contributed by atoms with van der Waals surface area (Å²) in [7, 11) is 0. The van der Waals surface area contributed by atoms with Crippen molar-refractivity contribution in [2.75, 3.05) is 19.8 Å². The van der Waals surface area contributed by atoms with E-state index in [-0.39, 0.29) is 31.4 Å². The molecular formula is C16H15BrFNO3. The fourth-order valence-electron chi connectivity index (χ4n) is 1.67. The number of ether oxygens (including phenoxy) is 2. The largest absolute Gasteiger partial charge is 0.489 e. The van der Waals surface area contributed by atoms with E-state index in [4.69, 9.17) is 9.47 Å². The summed E-state index contributed by atoms with van der Waals surface area (Å²) < 4.78 is 24.7. The van der Waals surface area contributed by atoms with Crippen molar-refractivity contribution in [3.63, 3.8) is 0 Å². The second kappa shape index (κ2) is 8.38. The van der Waals surface area contributed by atoms with Crippen molar-refractivity contribution in [2.45, 2.75) is 0 Å². The Morgan fingerprint density at radius 1 is 1.14 bits per heavy atom. The molecule has 2 rings (SSSR count). The molecule has 1 amide bonds. The number of carbonyl (C=O) groups excluding carboxylic acids is 1. The minimum absolute atomic E-state index is 0.0872. The van der Waals surface area contributed by atoms with Gasteiger partial charge in [0.2, 0.25) is 0 Å². The normalized spacial score (nSPS) is 10.1. The van der Waals surface area contributed by atoms with Crippen LogP contribution in [0.5, 0.6) is 11.5 Å². The third kappa shape index (κ3) is 5.37. The van der Waals surface area contributed by atoms with Crippen molar-refractivity contribution < 1.29 is 18.7 Å². The minimum atomic E-state index is -0.424. The second-order valence-electron chi connectivity index (χ2n) is 4.37. The first-order valence-electron chi connectivity index (χ1n) is 6.67. The molecule has 2 aromatic rings. The third-order valence-electron chi connectivity index (χ3n) is 2.68. The van der Waals surface area contributed by atoms with E-state index in [1.165, 1.54) is 12.1 Å². The first-order valence-corrected chi connectivity index (χ1v) is 7.47. The van der Waals surface area contributed by atoms with Crippen LogP contribution in [-0.2, 0) is 4.79 Å². The number of benzene rings is 2. The lowest BCUT2D eigenvalue weighted by Gasteiger charge is -2.09. The molecule has 0 bridgehead atoms. The predicted molar refractivity (Wildman–Crippen MR) is 84.5 cm³/mol. The third-order valence-corrected chi connectivity index (χ3v) is 3.18. The quantitative estimate of drug-likeness (QED) is 0.764. The zero-order valence-corrected chi connectivity index (χ0v) is 13.3. The van der Waals surface area contributed by atoms with Gasteiger partial charge in [0.25, 0.3) is 5.91 Å². The number of amides is 1. The fourth-order valence-corrected chi connectivity index (χ4v) is 2.05. The van der Waals surface area contributed by atoms with Crippen molar-refractivity contribution in [1.29, 1.82) is 0 Å². The highest BCUT2D eigenvalue weighted by Gasteiger charge is 2.04. The maximum absolute atomic E-state index is 13.3. The summed E-state index contributed by atoms with van der Waals surface area (Å²) in [6.45, 7) is 0.370. The van der Waals surface area contributed by atoms with Crippen LogP contribution < -0.4 is 14.8 Å². The Balaban J connectivity index is 1.65. The number of hydrogen-bond donors (Lipinski definition) is 1. The molecule has 0 aliphatic carbocycles. The van der Waals surface area contributed by atoms with Crippen LogP contribution in [0.1, 0.15) is 0 Å². The molecule has 0 fully saturated rings. The standard InChI is InChI=1S/C16H15BrFNO3/c17-12-4-3-5-13(10-12)22-11-16(20)19-8-9-21-15-7-2-1-6-14(15)18/h1-7,10H,8-9,11H2,(H,19,20). The molecule has 0 atom stereocenters. The zero-order valence-electron chi connectivity index (χ0n) is 11.7. The molecule has 0 aliphatic rings. The molecule has 0 aromatic heterocycles. The molecule has 0 aliphatic heterocycles. The van der Waals surface area contributed by atoms with Gasteiger partial charge in [-0.3, -0.25) is 4.79 Å². The van der Waals surface area contributed by atoms with Crippen molar-refractivity contribution in [2.24, 2.45) is 0 Å². The van der Waals surface area contributed by atoms with Gasteiger partial charge in [0.1, 0.15) is 12.4 Å². The van der Waals surface area contributed by atoms with E-state index in [9.17, 15) is 9.18 Å². The second-order valence-corrected chi connectivity index (χ2v) is 5.29. The van der Waals surface area contributed by atoms with Gasteiger partial charge in [-0.05, 0) is 30.3 Å². The summed E-state index contributed by atoms with van der Waals surface area (Å²) in [6.07, 6.45) is 0. The van der Waals surface area contributed by atoms with E-state index in [2.05, 4.69) is 21.2 Å². The Kier molecular flexibility index (Phi) is 6.21. The van der Waals surface area contributed by atoms with Gasteiger partial charge >= 0.3 is 0 Å². The molecule has 116 valence electrons. The number of carbonyl (C=O) groups is 1. The molecule has 2 aromatic carbocycles. The first-order chi connectivity index (χ1) is 10.6. The molecule has 0 spiro atoms. The topological polar surface area (TPSA) is 47.6 Å². The van der Waals surface area contributed by atoms with E-state index in [1.807, 2.05) is 12.1 Å². The molecule has 0 radical (unpaired) electrons. The average molecular weight is 368 g/mol. The molecule has 0 heterocycles. The summed E-state index contributed by atoms with van der Waals surface area (Å²) in [5.41, 5.74) is 0. The van der Waals surface area contributed by atoms with Crippen LogP contribution in [0.25, 0.3) is 0 Å². The lowest BCUT2D eigenvalue weighted by Crippen LogP contribution is -2.32. The highest BCUT2D eigenvalue weighted by atomic mass is 79.9. The monoisotopic (exact) mass is 367 g/mol. The number of rotatable bonds is 7. The van der Waals surface area contributed by atoms with E-state index in [1.54, 1.807) is 24.3 Å². The Labute approximate surface area is 136 Å². The van der Waals surface area contributed by atoms with Crippen molar-refractivity contribution in [1.82, 2.24) is 5.32 Å². The van der Waals surface area contributed by atoms with Gasteiger partial charge in [0, 0.05) is 4.47 Å². The fraction of sp³-hybridized carbons (Fsp3) is 0.188. The zero-order chi connectivity index (χ0) is 15.8. The number of para-hydroxylation sites is 1. The Hall–Kier alpha value is -2.08. The minimum Gasteiger partial charge on any atom is -0.489 e. The van der Waals surface area contributed by atoms with Gasteiger partial charge in [0.05, 0.1) is 6.54 Å². The van der Waals surface area contributed by atoms with Crippen molar-refractivity contribution >= 4 is 21.8 Å². The highest BCUT2D eigenvalue weighted by Crippen LogP contribution is 2.17. The smallest absolute Gasteiger partial charge is 0.258 e. The molecule has 0 saturated heterocycles. The maximum atomic E-state index is 13.3. The van der Waals surface area contributed by atoms with E-state index >= 15 is 0 Å². The maximum Gasteiger partial charge on any atom is 0.258 e. The lowest BCUT2D eigenvalue weighted by atomic mass is 10.3. The molecule has 0 saturated carbocycles. The molecule has 0 unspecified atom stereocenters. The van der Waals surface area contributed by atoms with Crippen LogP contribution in [-0.4, -0.2) is 25.7 Å². The Bertz CT molecular complexity index is 636. The van der Waals surface area contributed by atoms with Gasteiger partial charge in [-0.1, -0.05) is 34.1 Å². The van der Waals surface area contributed by atoms with E-state index in [0.29, 0.717) is 5.75 Å². The first kappa shape index (κ1) is 16.3. The van der Waals surface area contributed by atoms with E-state index in [0.717, 1.165) is 4.47 Å². The number of halogens is 2. The molecule has 4 nitrogen and oxygen atoms in total.